The third-order valence-corrected chi connectivity index (χ3v) is 3.43. The van der Waals surface area contributed by atoms with Crippen molar-refractivity contribution in [2.45, 2.75) is 46.0 Å². The second-order valence-electron chi connectivity index (χ2n) is 4.74. The average Bonchev–Trinajstić information content (AvgIpc) is 2.29. The van der Waals surface area contributed by atoms with Gasteiger partial charge in [0.15, 0.2) is 0 Å². The summed E-state index contributed by atoms with van der Waals surface area (Å²) < 4.78 is 0. The minimum atomic E-state index is 0.540. The van der Waals surface area contributed by atoms with Gasteiger partial charge in [0, 0.05) is 11.4 Å². The first-order valence-electron chi connectivity index (χ1n) is 6.23. The van der Waals surface area contributed by atoms with E-state index in [1.54, 1.807) is 0 Å². The van der Waals surface area contributed by atoms with Gasteiger partial charge < -0.3 is 11.5 Å². The summed E-state index contributed by atoms with van der Waals surface area (Å²) in [7, 11) is 0. The van der Waals surface area contributed by atoms with Crippen LogP contribution in [0.1, 0.15) is 51.5 Å². The fourth-order valence-corrected chi connectivity index (χ4v) is 2.11. The molecule has 1 rings (SSSR count). The first-order valence-corrected chi connectivity index (χ1v) is 6.23. The Morgan fingerprint density at radius 1 is 1.12 bits per heavy atom. The van der Waals surface area contributed by atoms with Crippen LogP contribution in [0.3, 0.4) is 0 Å². The number of hydrogen-bond donors (Lipinski definition) is 2. The van der Waals surface area contributed by atoms with Crippen molar-refractivity contribution in [3.05, 3.63) is 23.8 Å². The van der Waals surface area contributed by atoms with Gasteiger partial charge in [0.1, 0.15) is 0 Å². The molecule has 2 heteroatoms. The number of nitrogen functional groups attached to an aromatic ring is 2. The zero-order valence-corrected chi connectivity index (χ0v) is 10.7. The van der Waals surface area contributed by atoms with Crippen molar-refractivity contribution < 1.29 is 0 Å². The van der Waals surface area contributed by atoms with Gasteiger partial charge in [-0.15, -0.1) is 0 Å². The Morgan fingerprint density at radius 2 is 1.81 bits per heavy atom. The van der Waals surface area contributed by atoms with Crippen LogP contribution in [0.15, 0.2) is 18.2 Å². The minimum absolute atomic E-state index is 0.540. The fourth-order valence-electron chi connectivity index (χ4n) is 2.11. The van der Waals surface area contributed by atoms with Crippen LogP contribution in [-0.4, -0.2) is 0 Å². The van der Waals surface area contributed by atoms with E-state index in [0.29, 0.717) is 5.92 Å². The molecule has 0 heterocycles. The number of anilines is 2. The molecule has 0 aliphatic rings. The monoisotopic (exact) mass is 220 g/mol. The summed E-state index contributed by atoms with van der Waals surface area (Å²) in [4.78, 5) is 0. The van der Waals surface area contributed by atoms with Gasteiger partial charge in [-0.3, -0.25) is 0 Å². The topological polar surface area (TPSA) is 52.0 Å². The summed E-state index contributed by atoms with van der Waals surface area (Å²) in [6.45, 7) is 6.75. The van der Waals surface area contributed by atoms with Crippen LogP contribution < -0.4 is 11.5 Å². The number of benzene rings is 1. The molecule has 0 aromatic heterocycles. The van der Waals surface area contributed by atoms with Crippen molar-refractivity contribution in [2.24, 2.45) is 5.92 Å². The van der Waals surface area contributed by atoms with E-state index in [1.807, 2.05) is 18.2 Å². The van der Waals surface area contributed by atoms with E-state index >= 15 is 0 Å². The van der Waals surface area contributed by atoms with Gasteiger partial charge in [0.2, 0.25) is 0 Å². The molecule has 0 fully saturated rings. The zero-order chi connectivity index (χ0) is 12.1. The van der Waals surface area contributed by atoms with Gasteiger partial charge in [-0.25, -0.2) is 0 Å². The van der Waals surface area contributed by atoms with E-state index in [0.717, 1.165) is 23.7 Å². The van der Waals surface area contributed by atoms with E-state index in [9.17, 15) is 0 Å². The van der Waals surface area contributed by atoms with Gasteiger partial charge in [-0.05, 0) is 48.4 Å². The summed E-state index contributed by atoms with van der Waals surface area (Å²) in [5, 5.41) is 0. The molecule has 0 aliphatic heterocycles. The molecule has 2 atom stereocenters. The Morgan fingerprint density at radius 3 is 2.38 bits per heavy atom. The molecule has 2 nitrogen and oxygen atoms in total. The smallest absolute Gasteiger partial charge is 0.0350 e. The van der Waals surface area contributed by atoms with Crippen LogP contribution in [0.4, 0.5) is 11.4 Å². The molecule has 0 saturated heterocycles. The van der Waals surface area contributed by atoms with Crippen molar-refractivity contribution in [3.8, 4) is 0 Å². The van der Waals surface area contributed by atoms with Gasteiger partial charge in [0.05, 0.1) is 0 Å². The van der Waals surface area contributed by atoms with E-state index in [1.165, 1.54) is 18.4 Å². The lowest BCUT2D eigenvalue weighted by atomic mass is 9.85. The third kappa shape index (κ3) is 3.16. The van der Waals surface area contributed by atoms with Crippen LogP contribution >= 0.6 is 0 Å². The SMILES string of the molecule is CCC(C)CC(CC)c1cc(N)ccc1N. The Kier molecular flexibility index (Phi) is 4.66. The first-order chi connectivity index (χ1) is 7.58. The van der Waals surface area contributed by atoms with Crippen molar-refractivity contribution in [3.63, 3.8) is 0 Å². The maximum Gasteiger partial charge on any atom is 0.0350 e. The molecular formula is C14H24N2. The molecule has 0 aliphatic carbocycles. The Labute approximate surface area is 99.0 Å². The summed E-state index contributed by atoms with van der Waals surface area (Å²) in [5.41, 5.74) is 14.8. The predicted molar refractivity (Wildman–Crippen MR) is 72.4 cm³/mol. The summed E-state index contributed by atoms with van der Waals surface area (Å²) in [6.07, 6.45) is 3.54. The molecule has 0 saturated carbocycles. The van der Waals surface area contributed by atoms with Crippen LogP contribution in [0.5, 0.6) is 0 Å². The highest BCUT2D eigenvalue weighted by Gasteiger charge is 2.15. The first kappa shape index (κ1) is 12.9. The van der Waals surface area contributed by atoms with E-state index in [4.69, 9.17) is 11.5 Å². The lowest BCUT2D eigenvalue weighted by Crippen LogP contribution is -2.07. The molecule has 0 spiro atoms. The Hall–Kier alpha value is -1.18. The largest absolute Gasteiger partial charge is 0.399 e. The Balaban J connectivity index is 2.89. The molecule has 90 valence electrons. The second kappa shape index (κ2) is 5.78. The summed E-state index contributed by atoms with van der Waals surface area (Å²) in [6, 6.07) is 5.82. The highest BCUT2D eigenvalue weighted by Crippen LogP contribution is 2.32. The van der Waals surface area contributed by atoms with Gasteiger partial charge in [0.25, 0.3) is 0 Å². The lowest BCUT2D eigenvalue weighted by Gasteiger charge is -2.21. The molecule has 0 amide bonds. The number of nitrogens with two attached hydrogens (primary N) is 2. The summed E-state index contributed by atoms with van der Waals surface area (Å²) in [5.74, 6) is 1.28. The number of rotatable bonds is 5. The average molecular weight is 220 g/mol. The maximum atomic E-state index is 6.03. The van der Waals surface area contributed by atoms with Crippen LogP contribution in [0, 0.1) is 5.92 Å². The normalized spacial score (nSPS) is 14.7. The van der Waals surface area contributed by atoms with Gasteiger partial charge >= 0.3 is 0 Å². The minimum Gasteiger partial charge on any atom is -0.399 e. The second-order valence-corrected chi connectivity index (χ2v) is 4.74. The van der Waals surface area contributed by atoms with E-state index < -0.39 is 0 Å². The van der Waals surface area contributed by atoms with Crippen molar-refractivity contribution in [2.75, 3.05) is 11.5 Å². The molecular weight excluding hydrogens is 196 g/mol. The van der Waals surface area contributed by atoms with Crippen LogP contribution in [0.25, 0.3) is 0 Å². The van der Waals surface area contributed by atoms with Crippen molar-refractivity contribution in [1.82, 2.24) is 0 Å². The molecule has 16 heavy (non-hydrogen) atoms. The van der Waals surface area contributed by atoms with E-state index in [2.05, 4.69) is 20.8 Å². The van der Waals surface area contributed by atoms with Gasteiger partial charge in [-0.1, -0.05) is 27.2 Å². The molecule has 0 radical (unpaired) electrons. The molecule has 4 N–H and O–H groups in total. The van der Waals surface area contributed by atoms with Crippen LogP contribution in [0.2, 0.25) is 0 Å². The Bertz CT molecular complexity index is 334. The highest BCUT2D eigenvalue weighted by molar-refractivity contribution is 5.56. The standard InChI is InChI=1S/C14H24N2/c1-4-10(3)8-11(5-2)13-9-12(15)6-7-14(13)16/h6-7,9-11H,4-5,8,15-16H2,1-3H3. The van der Waals surface area contributed by atoms with E-state index in [-0.39, 0.29) is 0 Å². The molecule has 0 bridgehead atoms. The fraction of sp³-hybridized carbons (Fsp3) is 0.571. The maximum absolute atomic E-state index is 6.03. The number of hydrogen-bond acceptors (Lipinski definition) is 2. The molecule has 1 aromatic carbocycles. The lowest BCUT2D eigenvalue weighted by molar-refractivity contribution is 0.447. The van der Waals surface area contributed by atoms with Crippen LogP contribution in [-0.2, 0) is 0 Å². The van der Waals surface area contributed by atoms with Crippen molar-refractivity contribution in [1.29, 1.82) is 0 Å². The quantitative estimate of drug-likeness (QED) is 0.742. The molecule has 2 unspecified atom stereocenters. The molecule has 1 aromatic rings. The third-order valence-electron chi connectivity index (χ3n) is 3.43. The highest BCUT2D eigenvalue weighted by atomic mass is 14.6. The van der Waals surface area contributed by atoms with Crippen molar-refractivity contribution >= 4 is 11.4 Å². The van der Waals surface area contributed by atoms with Gasteiger partial charge in [-0.2, -0.15) is 0 Å². The predicted octanol–water partition coefficient (Wildman–Crippen LogP) is 3.78. The zero-order valence-electron chi connectivity index (χ0n) is 10.7. The summed E-state index contributed by atoms with van der Waals surface area (Å²) >= 11 is 0.